The third-order valence-corrected chi connectivity index (χ3v) is 6.17. The zero-order chi connectivity index (χ0) is 18.2. The fourth-order valence-corrected chi connectivity index (χ4v) is 4.65. The summed E-state index contributed by atoms with van der Waals surface area (Å²) in [5, 5.41) is 19.1. The third-order valence-electron chi connectivity index (χ3n) is 2.93. The number of nitro groups is 1. The van der Waals surface area contributed by atoms with Crippen molar-refractivity contribution in [3.05, 3.63) is 44.8 Å². The first-order chi connectivity index (χ1) is 11.8. The van der Waals surface area contributed by atoms with Gasteiger partial charge in [0.1, 0.15) is 4.90 Å². The van der Waals surface area contributed by atoms with Crippen molar-refractivity contribution in [3.8, 4) is 10.8 Å². The summed E-state index contributed by atoms with van der Waals surface area (Å²) >= 11 is 7.92. The molecule has 0 atom stereocenters. The molecular formula is C13H8ClN3O5S3. The fourth-order valence-electron chi connectivity index (χ4n) is 1.94. The van der Waals surface area contributed by atoms with Crippen LogP contribution in [0.5, 0.6) is 0 Å². The lowest BCUT2D eigenvalue weighted by molar-refractivity contribution is -0.390. The van der Waals surface area contributed by atoms with Crippen LogP contribution >= 0.6 is 34.7 Å². The average Bonchev–Trinajstić information content (AvgIpc) is 3.15. The van der Waals surface area contributed by atoms with Gasteiger partial charge in [-0.05, 0) is 36.0 Å². The van der Waals surface area contributed by atoms with Crippen molar-refractivity contribution in [3.63, 3.8) is 0 Å². The summed E-state index contributed by atoms with van der Waals surface area (Å²) in [6.07, 6.45) is 0.912. The van der Waals surface area contributed by atoms with Crippen LogP contribution in [0.3, 0.4) is 0 Å². The first-order valence-corrected chi connectivity index (χ1v) is 10.4. The molecule has 12 heteroatoms. The van der Waals surface area contributed by atoms with Gasteiger partial charge in [-0.3, -0.25) is 10.1 Å². The molecule has 0 saturated heterocycles. The van der Waals surface area contributed by atoms with Gasteiger partial charge in [0.05, 0.1) is 19.0 Å². The molecule has 0 radical (unpaired) electrons. The lowest BCUT2D eigenvalue weighted by Gasteiger charge is -2.04. The maximum absolute atomic E-state index is 11.8. The molecule has 0 aliphatic carbocycles. The van der Waals surface area contributed by atoms with E-state index >= 15 is 0 Å². The van der Waals surface area contributed by atoms with Gasteiger partial charge in [-0.1, -0.05) is 17.7 Å². The van der Waals surface area contributed by atoms with E-state index in [4.69, 9.17) is 16.0 Å². The topological polar surface area (TPSA) is 116 Å². The molecule has 0 N–H and O–H groups in total. The van der Waals surface area contributed by atoms with Crippen LogP contribution in [-0.2, 0) is 9.84 Å². The van der Waals surface area contributed by atoms with E-state index in [1.54, 1.807) is 12.1 Å². The van der Waals surface area contributed by atoms with Crippen LogP contribution in [0.4, 0.5) is 5.69 Å². The van der Waals surface area contributed by atoms with Gasteiger partial charge in [-0.2, -0.15) is 0 Å². The summed E-state index contributed by atoms with van der Waals surface area (Å²) < 4.78 is 29.6. The number of sulfone groups is 1. The Balaban J connectivity index is 1.99. The van der Waals surface area contributed by atoms with E-state index in [0.717, 1.165) is 18.0 Å². The van der Waals surface area contributed by atoms with E-state index < -0.39 is 20.4 Å². The number of nitrogens with zero attached hydrogens (tertiary/aromatic N) is 3. The van der Waals surface area contributed by atoms with Crippen LogP contribution < -0.4 is 0 Å². The maximum Gasteiger partial charge on any atom is 0.301 e. The molecule has 25 heavy (non-hydrogen) atoms. The minimum absolute atomic E-state index is 0.0493. The Morgan fingerprint density at radius 1 is 1.28 bits per heavy atom. The van der Waals surface area contributed by atoms with Crippen LogP contribution in [0.15, 0.2) is 49.8 Å². The highest BCUT2D eigenvalue weighted by atomic mass is 35.5. The van der Waals surface area contributed by atoms with E-state index in [0.29, 0.717) is 9.21 Å². The van der Waals surface area contributed by atoms with Crippen molar-refractivity contribution in [1.29, 1.82) is 0 Å². The van der Waals surface area contributed by atoms with Gasteiger partial charge in [0.25, 0.3) is 11.1 Å². The Kier molecular flexibility index (Phi) is 4.82. The maximum atomic E-state index is 11.8. The molecule has 0 aliphatic heterocycles. The Hall–Kier alpha value is -1.95. The van der Waals surface area contributed by atoms with E-state index in [2.05, 4.69) is 10.2 Å². The number of nitro benzene ring substituents is 1. The monoisotopic (exact) mass is 417 g/mol. The summed E-state index contributed by atoms with van der Waals surface area (Å²) in [5.74, 6) is 0.223. The minimum atomic E-state index is -3.76. The van der Waals surface area contributed by atoms with Crippen molar-refractivity contribution >= 4 is 50.2 Å². The second-order valence-electron chi connectivity index (χ2n) is 4.71. The number of halogens is 1. The van der Waals surface area contributed by atoms with Crippen LogP contribution in [0.25, 0.3) is 10.8 Å². The molecule has 0 spiro atoms. The molecule has 1 aromatic carbocycles. The molecule has 0 unspecified atom stereocenters. The zero-order valence-electron chi connectivity index (χ0n) is 12.4. The van der Waals surface area contributed by atoms with Crippen LogP contribution in [-0.4, -0.2) is 29.8 Å². The fraction of sp³-hybridized carbons (Fsp3) is 0.0769. The molecular weight excluding hydrogens is 410 g/mol. The smallest absolute Gasteiger partial charge is 0.301 e. The molecule has 3 aromatic rings. The number of rotatable bonds is 5. The molecule has 3 rings (SSSR count). The summed E-state index contributed by atoms with van der Waals surface area (Å²) in [7, 11) is -3.76. The molecule has 2 heterocycles. The SMILES string of the molecule is CS(=O)(=O)c1cccc(Sc2nnc(-c3ccc(Cl)s3)o2)c1[N+](=O)[O-]. The van der Waals surface area contributed by atoms with Crippen molar-refractivity contribution in [2.24, 2.45) is 0 Å². The number of hydrogen-bond acceptors (Lipinski definition) is 9. The van der Waals surface area contributed by atoms with Crippen molar-refractivity contribution in [2.75, 3.05) is 6.26 Å². The lowest BCUT2D eigenvalue weighted by Crippen LogP contribution is -2.03. The number of aromatic nitrogens is 2. The Labute approximate surface area is 154 Å². The number of hydrogen-bond donors (Lipinski definition) is 0. The van der Waals surface area contributed by atoms with Gasteiger partial charge in [0.2, 0.25) is 0 Å². The van der Waals surface area contributed by atoms with Gasteiger partial charge in [-0.25, -0.2) is 8.42 Å². The average molecular weight is 418 g/mol. The number of thiophene rings is 1. The summed E-state index contributed by atoms with van der Waals surface area (Å²) in [6.45, 7) is 0. The van der Waals surface area contributed by atoms with Gasteiger partial charge >= 0.3 is 5.69 Å². The van der Waals surface area contributed by atoms with Crippen LogP contribution in [0, 0.1) is 10.1 Å². The molecule has 8 nitrogen and oxygen atoms in total. The zero-order valence-corrected chi connectivity index (χ0v) is 15.6. The third kappa shape index (κ3) is 3.84. The lowest BCUT2D eigenvalue weighted by atomic mass is 10.3. The molecule has 0 saturated carbocycles. The minimum Gasteiger partial charge on any atom is -0.410 e. The molecule has 0 amide bonds. The molecule has 2 aromatic heterocycles. The van der Waals surface area contributed by atoms with Gasteiger partial charge in [-0.15, -0.1) is 21.5 Å². The van der Waals surface area contributed by atoms with Crippen molar-refractivity contribution < 1.29 is 17.8 Å². The Bertz CT molecular complexity index is 1060. The molecule has 130 valence electrons. The van der Waals surface area contributed by atoms with Crippen LogP contribution in [0.2, 0.25) is 4.34 Å². The number of benzene rings is 1. The van der Waals surface area contributed by atoms with Crippen molar-refractivity contribution in [2.45, 2.75) is 15.0 Å². The first kappa shape index (κ1) is 17.9. The van der Waals surface area contributed by atoms with E-state index in [1.807, 2.05) is 0 Å². The van der Waals surface area contributed by atoms with Gasteiger partial charge in [0.15, 0.2) is 9.84 Å². The molecule has 0 aliphatic rings. The summed E-state index contributed by atoms with van der Waals surface area (Å²) in [4.78, 5) is 11.0. The van der Waals surface area contributed by atoms with Crippen LogP contribution in [0.1, 0.15) is 0 Å². The van der Waals surface area contributed by atoms with E-state index in [9.17, 15) is 18.5 Å². The normalized spacial score (nSPS) is 11.6. The summed E-state index contributed by atoms with van der Waals surface area (Å²) in [5.41, 5.74) is -0.520. The predicted octanol–water partition coefficient (Wildman–Crippen LogP) is 3.91. The van der Waals surface area contributed by atoms with Gasteiger partial charge in [0, 0.05) is 6.26 Å². The number of para-hydroxylation sites is 1. The molecule has 0 fully saturated rings. The second-order valence-corrected chi connectivity index (χ2v) is 9.40. The van der Waals surface area contributed by atoms with E-state index in [1.165, 1.54) is 29.5 Å². The highest BCUT2D eigenvalue weighted by Crippen LogP contribution is 2.39. The van der Waals surface area contributed by atoms with Crippen molar-refractivity contribution in [1.82, 2.24) is 10.2 Å². The molecule has 0 bridgehead atoms. The quantitative estimate of drug-likeness (QED) is 0.453. The first-order valence-electron chi connectivity index (χ1n) is 6.50. The van der Waals surface area contributed by atoms with Gasteiger partial charge < -0.3 is 4.42 Å². The summed E-state index contributed by atoms with van der Waals surface area (Å²) in [6, 6.07) is 7.41. The largest absolute Gasteiger partial charge is 0.410 e. The highest BCUT2D eigenvalue weighted by molar-refractivity contribution is 7.99. The highest BCUT2D eigenvalue weighted by Gasteiger charge is 2.27. The van der Waals surface area contributed by atoms with E-state index in [-0.39, 0.29) is 20.9 Å². The Morgan fingerprint density at radius 3 is 2.64 bits per heavy atom. The Morgan fingerprint density at radius 2 is 2.04 bits per heavy atom. The standard InChI is InChI=1S/C13H8ClN3O5S3/c1-25(20,21)9-4-2-3-7(11(9)17(18)19)24-13-16-15-12(22-13)8-5-6-10(14)23-8/h2-6H,1H3. The predicted molar refractivity (Wildman–Crippen MR) is 93.0 cm³/mol. The second kappa shape index (κ2) is 6.75.